The molecule has 4 rings (SSSR count). The number of amides is 2. The van der Waals surface area contributed by atoms with Gasteiger partial charge in [0, 0.05) is 23.0 Å². The third-order valence-corrected chi connectivity index (χ3v) is 4.72. The van der Waals surface area contributed by atoms with Gasteiger partial charge >= 0.3 is 0 Å². The number of hydrogen-bond donors (Lipinski definition) is 2. The van der Waals surface area contributed by atoms with Gasteiger partial charge in [-0.25, -0.2) is 0 Å². The molecular formula is C16H17N3O2. The maximum absolute atomic E-state index is 12.3. The monoisotopic (exact) mass is 283 g/mol. The van der Waals surface area contributed by atoms with Crippen LogP contribution in [-0.2, 0) is 21.5 Å². The number of benzene rings is 1. The summed E-state index contributed by atoms with van der Waals surface area (Å²) in [4.78, 5) is 29.7. The second-order valence-electron chi connectivity index (χ2n) is 6.28. The summed E-state index contributed by atoms with van der Waals surface area (Å²) in [6.45, 7) is 4.10. The minimum Gasteiger partial charge on any atom is -0.356 e. The fourth-order valence-corrected chi connectivity index (χ4v) is 3.79. The van der Waals surface area contributed by atoms with Crippen molar-refractivity contribution >= 4 is 22.7 Å². The Balaban J connectivity index is 1.98. The quantitative estimate of drug-likeness (QED) is 0.765. The normalized spacial score (nSPS) is 23.7. The lowest BCUT2D eigenvalue weighted by Crippen LogP contribution is -2.66. The minimum absolute atomic E-state index is 0.0195. The highest BCUT2D eigenvalue weighted by Gasteiger charge is 2.49. The average Bonchev–Trinajstić information content (AvgIpc) is 2.83. The zero-order valence-electron chi connectivity index (χ0n) is 12.1. The van der Waals surface area contributed by atoms with Crippen molar-refractivity contribution in [1.82, 2.24) is 15.2 Å². The van der Waals surface area contributed by atoms with Crippen molar-refractivity contribution in [3.63, 3.8) is 0 Å². The highest BCUT2D eigenvalue weighted by atomic mass is 16.2. The molecular weight excluding hydrogens is 266 g/mol. The van der Waals surface area contributed by atoms with Gasteiger partial charge < -0.3 is 15.2 Å². The third kappa shape index (κ3) is 1.51. The van der Waals surface area contributed by atoms with Crippen LogP contribution in [0.5, 0.6) is 0 Å². The van der Waals surface area contributed by atoms with Crippen molar-refractivity contribution in [1.29, 1.82) is 0 Å². The number of fused-ring (bicyclic) bond motifs is 4. The Morgan fingerprint density at radius 2 is 2.00 bits per heavy atom. The molecule has 21 heavy (non-hydrogen) atoms. The SMILES string of the molecule is CC1(C)c2[nH]c3ccccc3c2CC2C(=O)NCC(=O)N21. The standard InChI is InChI=1S/C16H17N3O2/c1-16(2)14-10(9-5-3-4-6-11(9)18-14)7-12-15(21)17-8-13(20)19(12)16/h3-6,12,18H,7-8H2,1-2H3,(H,17,21). The van der Waals surface area contributed by atoms with Crippen LogP contribution in [0.2, 0.25) is 0 Å². The van der Waals surface area contributed by atoms with Crippen LogP contribution in [0.1, 0.15) is 25.1 Å². The molecule has 0 aliphatic carbocycles. The largest absolute Gasteiger partial charge is 0.356 e. The molecule has 2 aliphatic heterocycles. The van der Waals surface area contributed by atoms with Crippen LogP contribution in [0.4, 0.5) is 0 Å². The predicted molar refractivity (Wildman–Crippen MR) is 78.7 cm³/mol. The molecule has 1 unspecified atom stereocenters. The number of aromatic amines is 1. The van der Waals surface area contributed by atoms with E-state index in [9.17, 15) is 9.59 Å². The summed E-state index contributed by atoms with van der Waals surface area (Å²) < 4.78 is 0. The molecule has 0 bridgehead atoms. The molecule has 2 aromatic rings. The Bertz CT molecular complexity index is 775. The molecule has 2 aliphatic rings. The fraction of sp³-hybridized carbons (Fsp3) is 0.375. The van der Waals surface area contributed by atoms with Crippen molar-refractivity contribution in [2.75, 3.05) is 6.54 Å². The lowest BCUT2D eigenvalue weighted by atomic mass is 9.82. The number of hydrogen-bond acceptors (Lipinski definition) is 2. The fourth-order valence-electron chi connectivity index (χ4n) is 3.79. The van der Waals surface area contributed by atoms with Gasteiger partial charge in [-0.2, -0.15) is 0 Å². The number of rotatable bonds is 0. The Labute approximate surface area is 122 Å². The molecule has 1 saturated heterocycles. The number of nitrogens with zero attached hydrogens (tertiary/aromatic N) is 1. The highest BCUT2D eigenvalue weighted by Crippen LogP contribution is 2.41. The van der Waals surface area contributed by atoms with E-state index in [0.29, 0.717) is 6.42 Å². The molecule has 108 valence electrons. The second-order valence-corrected chi connectivity index (χ2v) is 6.28. The van der Waals surface area contributed by atoms with Crippen molar-refractivity contribution in [3.8, 4) is 0 Å². The first-order chi connectivity index (χ1) is 10.00. The summed E-state index contributed by atoms with van der Waals surface area (Å²) in [6, 6.07) is 7.68. The van der Waals surface area contributed by atoms with Crippen LogP contribution >= 0.6 is 0 Å². The van der Waals surface area contributed by atoms with E-state index in [-0.39, 0.29) is 18.4 Å². The topological polar surface area (TPSA) is 65.2 Å². The molecule has 0 radical (unpaired) electrons. The van der Waals surface area contributed by atoms with E-state index < -0.39 is 11.6 Å². The molecule has 1 atom stereocenters. The Morgan fingerprint density at radius 3 is 2.81 bits per heavy atom. The van der Waals surface area contributed by atoms with E-state index in [2.05, 4.69) is 16.4 Å². The van der Waals surface area contributed by atoms with Crippen LogP contribution in [-0.4, -0.2) is 34.3 Å². The van der Waals surface area contributed by atoms with Gasteiger partial charge in [-0.05, 0) is 25.5 Å². The van der Waals surface area contributed by atoms with Crippen LogP contribution in [0.25, 0.3) is 10.9 Å². The molecule has 1 aromatic carbocycles. The molecule has 2 N–H and O–H groups in total. The first-order valence-corrected chi connectivity index (χ1v) is 7.20. The molecule has 5 heteroatoms. The third-order valence-electron chi connectivity index (χ3n) is 4.72. The number of aromatic nitrogens is 1. The van der Waals surface area contributed by atoms with E-state index in [1.807, 2.05) is 32.0 Å². The Morgan fingerprint density at radius 1 is 1.24 bits per heavy atom. The zero-order chi connectivity index (χ0) is 14.8. The number of piperazine rings is 1. The van der Waals surface area contributed by atoms with Crippen molar-refractivity contribution in [2.24, 2.45) is 0 Å². The van der Waals surface area contributed by atoms with E-state index in [4.69, 9.17) is 0 Å². The van der Waals surface area contributed by atoms with Gasteiger partial charge in [0.2, 0.25) is 11.8 Å². The van der Waals surface area contributed by atoms with Gasteiger partial charge in [0.05, 0.1) is 12.1 Å². The number of H-pyrrole nitrogens is 1. The van der Waals surface area contributed by atoms with Crippen LogP contribution in [0.3, 0.4) is 0 Å². The van der Waals surface area contributed by atoms with Crippen LogP contribution < -0.4 is 5.32 Å². The molecule has 0 spiro atoms. The Kier molecular flexibility index (Phi) is 2.29. The van der Waals surface area contributed by atoms with E-state index >= 15 is 0 Å². The van der Waals surface area contributed by atoms with E-state index in [0.717, 1.165) is 22.2 Å². The molecule has 1 aromatic heterocycles. The summed E-state index contributed by atoms with van der Waals surface area (Å²) in [7, 11) is 0. The maximum atomic E-state index is 12.3. The number of carbonyl (C=O) groups excluding carboxylic acids is 2. The van der Waals surface area contributed by atoms with Gasteiger partial charge in [0.25, 0.3) is 0 Å². The summed E-state index contributed by atoms with van der Waals surface area (Å²) in [5.74, 6) is -0.0764. The van der Waals surface area contributed by atoms with Crippen molar-refractivity contribution < 1.29 is 9.59 Å². The molecule has 0 saturated carbocycles. The summed E-state index contributed by atoms with van der Waals surface area (Å²) in [5, 5.41) is 3.84. The van der Waals surface area contributed by atoms with Crippen LogP contribution in [0, 0.1) is 0 Å². The van der Waals surface area contributed by atoms with Crippen molar-refractivity contribution in [3.05, 3.63) is 35.5 Å². The lowest BCUT2D eigenvalue weighted by Gasteiger charge is -2.48. The molecule has 1 fully saturated rings. The van der Waals surface area contributed by atoms with Gasteiger partial charge in [-0.1, -0.05) is 18.2 Å². The first kappa shape index (κ1) is 12.4. The van der Waals surface area contributed by atoms with Gasteiger partial charge in [0.1, 0.15) is 6.04 Å². The second kappa shape index (κ2) is 3.87. The Hall–Kier alpha value is -2.30. The van der Waals surface area contributed by atoms with E-state index in [1.54, 1.807) is 4.90 Å². The zero-order valence-corrected chi connectivity index (χ0v) is 12.1. The van der Waals surface area contributed by atoms with Crippen molar-refractivity contribution in [2.45, 2.75) is 31.8 Å². The van der Waals surface area contributed by atoms with Gasteiger partial charge in [-0.15, -0.1) is 0 Å². The summed E-state index contributed by atoms with van der Waals surface area (Å²) in [5.41, 5.74) is 2.75. The number of para-hydroxylation sites is 1. The molecule has 2 amide bonds. The first-order valence-electron chi connectivity index (χ1n) is 7.20. The van der Waals surface area contributed by atoms with Gasteiger partial charge in [-0.3, -0.25) is 9.59 Å². The molecule has 3 heterocycles. The summed E-state index contributed by atoms with van der Waals surface area (Å²) in [6.07, 6.45) is 0.570. The number of nitrogens with one attached hydrogen (secondary N) is 2. The van der Waals surface area contributed by atoms with E-state index in [1.165, 1.54) is 0 Å². The minimum atomic E-state index is -0.508. The maximum Gasteiger partial charge on any atom is 0.243 e. The average molecular weight is 283 g/mol. The predicted octanol–water partition coefficient (Wildman–Crippen LogP) is 1.29. The number of carbonyl (C=O) groups is 2. The highest BCUT2D eigenvalue weighted by molar-refractivity contribution is 5.97. The van der Waals surface area contributed by atoms with Crippen LogP contribution in [0.15, 0.2) is 24.3 Å². The smallest absolute Gasteiger partial charge is 0.243 e. The van der Waals surface area contributed by atoms with Gasteiger partial charge in [0.15, 0.2) is 0 Å². The summed E-state index contributed by atoms with van der Waals surface area (Å²) >= 11 is 0. The molecule has 5 nitrogen and oxygen atoms in total. The lowest BCUT2D eigenvalue weighted by molar-refractivity contribution is -0.153.